The van der Waals surface area contributed by atoms with Gasteiger partial charge in [0.25, 0.3) is 5.91 Å². The number of carbonyl (C=O) groups excluding carboxylic acids is 5. The van der Waals surface area contributed by atoms with Gasteiger partial charge < -0.3 is 20.8 Å². The Bertz CT molecular complexity index is 760. The number of nitrogens with one attached hydrogen (secondary N) is 3. The lowest BCUT2D eigenvalue weighted by molar-refractivity contribution is -0.186. The minimum atomic E-state index is -0.642. The average molecular weight is 485 g/mol. The highest BCUT2D eigenvalue weighted by Gasteiger charge is 2.28. The SMILES string of the molecule is C=C1CCC(=O)N1OC(=O)CCNC(=O)CC[15NH][13C](=O)[13CH2][13CH2]N[13C](=O)CN1C(C)CCCC1C. The molecule has 2 heterocycles. The third-order valence-corrected chi connectivity index (χ3v) is 6.04. The molecule has 3 N–H and O–H groups in total. The van der Waals surface area contributed by atoms with Gasteiger partial charge in [-0.15, -0.1) is 5.06 Å². The maximum absolute atomic E-state index is 12.2. The van der Waals surface area contributed by atoms with Crippen LogP contribution in [0.1, 0.15) is 65.2 Å². The number of likely N-dealkylation sites (tertiary alicyclic amines) is 1. The van der Waals surface area contributed by atoms with Crippen molar-refractivity contribution in [3.8, 4) is 0 Å². The molecule has 11 nitrogen and oxygen atoms in total. The molecule has 0 saturated carbocycles. The van der Waals surface area contributed by atoms with Crippen molar-refractivity contribution in [3.63, 3.8) is 0 Å². The first-order valence-corrected chi connectivity index (χ1v) is 11.9. The van der Waals surface area contributed by atoms with Crippen molar-refractivity contribution in [1.82, 2.24) is 25.9 Å². The van der Waals surface area contributed by atoms with Gasteiger partial charge in [-0.3, -0.25) is 24.1 Å². The molecule has 2 atom stereocenters. The molecule has 2 rings (SSSR count). The molecule has 0 aromatic rings. The summed E-state index contributed by atoms with van der Waals surface area (Å²) in [4.78, 5) is 66.4. The van der Waals surface area contributed by atoms with Crippen LogP contribution in [0.4, 0.5) is 0 Å². The Morgan fingerprint density at radius 2 is 1.41 bits per heavy atom. The monoisotopic (exact) mass is 484 g/mol. The Morgan fingerprint density at radius 1 is 0.882 bits per heavy atom. The summed E-state index contributed by atoms with van der Waals surface area (Å²) in [5, 5.41) is 8.87. The van der Waals surface area contributed by atoms with Crippen LogP contribution in [0.5, 0.6) is 0 Å². The van der Waals surface area contributed by atoms with Crippen molar-refractivity contribution in [2.45, 2.75) is 77.3 Å². The number of amides is 4. The van der Waals surface area contributed by atoms with Crippen molar-refractivity contribution in [2.75, 3.05) is 26.2 Å². The summed E-state index contributed by atoms with van der Waals surface area (Å²) in [6.07, 6.45) is 4.17. The quantitative estimate of drug-likeness (QED) is 0.269. The Labute approximate surface area is 200 Å². The second kappa shape index (κ2) is 13.7. The predicted octanol–water partition coefficient (Wildman–Crippen LogP) is 0.363. The van der Waals surface area contributed by atoms with Gasteiger partial charge in [0, 0.05) is 51.0 Å². The van der Waals surface area contributed by atoms with E-state index in [2.05, 4.69) is 41.3 Å². The fourth-order valence-electron chi connectivity index (χ4n) is 4.01. The summed E-state index contributed by atoms with van der Waals surface area (Å²) in [5.74, 6) is -1.63. The molecule has 2 saturated heterocycles. The lowest BCUT2D eigenvalue weighted by Crippen LogP contribution is -2.49. The van der Waals surface area contributed by atoms with Crippen LogP contribution < -0.4 is 16.0 Å². The molecule has 0 aromatic carbocycles. The number of carbonyl (C=O) groups is 5. The van der Waals surface area contributed by atoms with Crippen molar-refractivity contribution in [2.24, 2.45) is 0 Å². The van der Waals surface area contributed by atoms with Gasteiger partial charge in [-0.25, -0.2) is 4.79 Å². The van der Waals surface area contributed by atoms with E-state index in [1.54, 1.807) is 0 Å². The van der Waals surface area contributed by atoms with Crippen LogP contribution in [0, 0.1) is 0 Å². The second-order valence-corrected chi connectivity index (χ2v) is 8.82. The van der Waals surface area contributed by atoms with E-state index in [1.807, 2.05) is 0 Å². The van der Waals surface area contributed by atoms with Crippen molar-refractivity contribution >= 4 is 29.6 Å². The predicted molar refractivity (Wildman–Crippen MR) is 124 cm³/mol. The highest BCUT2D eigenvalue weighted by molar-refractivity contribution is 5.83. The third-order valence-electron chi connectivity index (χ3n) is 6.04. The number of nitrogens with zero attached hydrogens (tertiary/aromatic N) is 2. The molecule has 0 aromatic heterocycles. The fraction of sp³-hybridized carbons (Fsp3) is 0.696. The summed E-state index contributed by atoms with van der Waals surface area (Å²) in [6, 6.07) is 0.757. The Morgan fingerprint density at radius 3 is 1.94 bits per heavy atom. The van der Waals surface area contributed by atoms with Crippen LogP contribution in [0.25, 0.3) is 0 Å². The maximum atomic E-state index is 12.2. The fourth-order valence-corrected chi connectivity index (χ4v) is 4.01. The lowest BCUT2D eigenvalue weighted by atomic mass is 9.98. The number of allylic oxidation sites excluding steroid dienone is 1. The zero-order chi connectivity index (χ0) is 25.1. The molecule has 11 heteroatoms. The maximum Gasteiger partial charge on any atom is 0.334 e. The molecular formula is C23H37N5O6. The topological polar surface area (TPSA) is 137 Å². The van der Waals surface area contributed by atoms with E-state index in [4.69, 9.17) is 4.84 Å². The van der Waals surface area contributed by atoms with Crippen molar-refractivity contribution in [1.29, 1.82) is 0 Å². The summed E-state index contributed by atoms with van der Waals surface area (Å²) in [6.45, 7) is 8.69. The zero-order valence-corrected chi connectivity index (χ0v) is 20.2. The van der Waals surface area contributed by atoms with Gasteiger partial charge in [0.05, 0.1) is 18.7 Å². The van der Waals surface area contributed by atoms with Gasteiger partial charge in [0.2, 0.25) is 17.7 Å². The molecule has 0 bridgehead atoms. The van der Waals surface area contributed by atoms with E-state index in [-0.39, 0.29) is 68.9 Å². The normalized spacial score (nSPS) is 20.7. The summed E-state index contributed by atoms with van der Waals surface area (Å²) in [7, 11) is 0. The minimum absolute atomic E-state index is 0.0549. The molecule has 0 aliphatic carbocycles. The Balaban J connectivity index is 1.49. The lowest BCUT2D eigenvalue weighted by Gasteiger charge is -2.38. The number of hydroxylamine groups is 2. The van der Waals surface area contributed by atoms with Crippen LogP contribution >= 0.6 is 0 Å². The molecule has 34 heavy (non-hydrogen) atoms. The summed E-state index contributed by atoms with van der Waals surface area (Å²) < 4.78 is 0. The van der Waals surface area contributed by atoms with Crippen molar-refractivity contribution in [3.05, 3.63) is 12.3 Å². The van der Waals surface area contributed by atoms with Gasteiger partial charge in [0.1, 0.15) is 0 Å². The highest BCUT2D eigenvalue weighted by atomic mass is 16.7. The minimum Gasteiger partial charge on any atom is -0.356 e. The number of rotatable bonds is 12. The largest absolute Gasteiger partial charge is 0.356 e. The first-order chi connectivity index (χ1) is 16.2. The van der Waals surface area contributed by atoms with Gasteiger partial charge in [-0.2, -0.15) is 0 Å². The first kappa shape index (κ1) is 27.3. The molecule has 2 fully saturated rings. The number of hydrogen-bond acceptors (Lipinski definition) is 7. The van der Waals surface area contributed by atoms with E-state index in [9.17, 15) is 24.0 Å². The van der Waals surface area contributed by atoms with Crippen LogP contribution in [0.3, 0.4) is 0 Å². The van der Waals surface area contributed by atoms with E-state index in [0.717, 1.165) is 17.9 Å². The molecule has 0 radical (unpaired) electrons. The smallest absolute Gasteiger partial charge is 0.334 e. The van der Waals surface area contributed by atoms with E-state index < -0.39 is 5.97 Å². The molecular weight excluding hydrogens is 447 g/mol. The third kappa shape index (κ3) is 9.12. The van der Waals surface area contributed by atoms with Crippen LogP contribution in [-0.2, 0) is 28.8 Å². The van der Waals surface area contributed by atoms with Crippen LogP contribution in [0.2, 0.25) is 0 Å². The number of hydrogen-bond donors (Lipinski definition) is 3. The molecule has 190 valence electrons. The molecule has 2 unspecified atom stereocenters. The Hall–Kier alpha value is -2.95. The van der Waals surface area contributed by atoms with Gasteiger partial charge in [-0.1, -0.05) is 13.0 Å². The highest BCUT2D eigenvalue weighted by Crippen LogP contribution is 2.22. The zero-order valence-electron chi connectivity index (χ0n) is 20.2. The van der Waals surface area contributed by atoms with Crippen molar-refractivity contribution < 1.29 is 28.8 Å². The van der Waals surface area contributed by atoms with Crippen LogP contribution in [0.15, 0.2) is 12.3 Å². The average Bonchev–Trinajstić information content (AvgIpc) is 3.08. The van der Waals surface area contributed by atoms with E-state index in [0.29, 0.717) is 30.7 Å². The van der Waals surface area contributed by atoms with Gasteiger partial charge in [-0.05, 0) is 33.1 Å². The van der Waals surface area contributed by atoms with Gasteiger partial charge in [0.15, 0.2) is 0 Å². The molecule has 0 spiro atoms. The molecule has 2 aliphatic heterocycles. The molecule has 2 aliphatic rings. The first-order valence-electron chi connectivity index (χ1n) is 11.9. The second-order valence-electron chi connectivity index (χ2n) is 8.82. The number of piperidine rings is 1. The summed E-state index contributed by atoms with van der Waals surface area (Å²) >= 11 is 0. The Kier molecular flexibility index (Phi) is 11.0. The van der Waals surface area contributed by atoms with Crippen LogP contribution in [-0.4, -0.2) is 77.8 Å². The van der Waals surface area contributed by atoms with E-state index >= 15 is 0 Å². The molecule has 4 amide bonds. The summed E-state index contributed by atoms with van der Waals surface area (Å²) in [5.41, 5.74) is 0.434. The standard InChI is InChI=1S/C23H37N5O6/c1-16-5-4-6-17(2)27(16)15-21(31)26-13-10-19(29)24-12-9-20(30)25-14-11-23(33)34-28-18(3)7-8-22(28)32/h16-17H,3-15H2,1-2H3,(H,24,29)(H,25,30)(H,26,31)/i10+1,13+1,19+1,21+1,24+1. The van der Waals surface area contributed by atoms with Gasteiger partial charge >= 0.3 is 5.97 Å². The van der Waals surface area contributed by atoms with E-state index in [1.165, 1.54) is 6.42 Å².